The van der Waals surface area contributed by atoms with Crippen LogP contribution in [0.4, 0.5) is 10.3 Å². The summed E-state index contributed by atoms with van der Waals surface area (Å²) in [5.41, 5.74) is 2.41. The van der Waals surface area contributed by atoms with Gasteiger partial charge >= 0.3 is 0 Å². The van der Waals surface area contributed by atoms with Crippen molar-refractivity contribution in [2.45, 2.75) is 45.4 Å². The molecule has 1 N–H and O–H groups in total. The zero-order valence-corrected chi connectivity index (χ0v) is 20.8. The second kappa shape index (κ2) is 12.8. The third-order valence-corrected chi connectivity index (χ3v) is 6.28. The normalized spacial score (nSPS) is 19.7. The van der Waals surface area contributed by atoms with Gasteiger partial charge in [-0.05, 0) is 43.0 Å². The van der Waals surface area contributed by atoms with Crippen LogP contribution in [0.1, 0.15) is 32.3 Å². The maximum atomic E-state index is 13.6. The molecule has 2 fully saturated rings. The molecular formula is C26H38FN3O5. The molecule has 8 nitrogen and oxygen atoms in total. The lowest BCUT2D eigenvalue weighted by molar-refractivity contribution is -0.00389. The van der Waals surface area contributed by atoms with E-state index < -0.39 is 6.10 Å². The minimum absolute atomic E-state index is 0.125. The molecule has 2 atom stereocenters. The minimum atomic E-state index is -0.629. The molecule has 0 amide bonds. The lowest BCUT2D eigenvalue weighted by Crippen LogP contribution is -2.40. The van der Waals surface area contributed by atoms with Gasteiger partial charge in [0, 0.05) is 51.5 Å². The van der Waals surface area contributed by atoms with Gasteiger partial charge in [-0.3, -0.25) is 4.90 Å². The molecule has 0 bridgehead atoms. The van der Waals surface area contributed by atoms with Gasteiger partial charge < -0.3 is 28.7 Å². The summed E-state index contributed by atoms with van der Waals surface area (Å²) in [5, 5.41) is 15.2. The lowest BCUT2D eigenvalue weighted by Gasteiger charge is -2.30. The van der Waals surface area contributed by atoms with Crippen LogP contribution in [0.15, 0.2) is 28.8 Å². The van der Waals surface area contributed by atoms with Crippen molar-refractivity contribution in [2.24, 2.45) is 5.92 Å². The molecule has 0 unspecified atom stereocenters. The first kappa shape index (κ1) is 26.0. The maximum absolute atomic E-state index is 13.6. The Hall–Kier alpha value is -2.04. The minimum Gasteiger partial charge on any atom is -0.389 e. The number of hydrogen-bond donors (Lipinski definition) is 1. The highest BCUT2D eigenvalue weighted by Crippen LogP contribution is 2.33. The SMILES string of the molecule is CC(C)COC[C@H](O)CN(Cc1c(-c2ccc(F)cc2)noc1N1CCOCC1)C[C@H]1CCCO1. The van der Waals surface area contributed by atoms with E-state index in [4.69, 9.17) is 18.7 Å². The third kappa shape index (κ3) is 7.47. The van der Waals surface area contributed by atoms with Gasteiger partial charge in [0.1, 0.15) is 11.5 Å². The molecule has 194 valence electrons. The number of anilines is 1. The van der Waals surface area contributed by atoms with Gasteiger partial charge in [0.2, 0.25) is 5.88 Å². The fourth-order valence-electron chi connectivity index (χ4n) is 4.59. The monoisotopic (exact) mass is 491 g/mol. The molecule has 9 heteroatoms. The van der Waals surface area contributed by atoms with Gasteiger partial charge in [-0.1, -0.05) is 19.0 Å². The molecule has 2 aromatic rings. The number of rotatable bonds is 12. The molecule has 0 radical (unpaired) electrons. The highest BCUT2D eigenvalue weighted by atomic mass is 19.1. The van der Waals surface area contributed by atoms with E-state index >= 15 is 0 Å². The van der Waals surface area contributed by atoms with Crippen molar-refractivity contribution in [1.29, 1.82) is 0 Å². The van der Waals surface area contributed by atoms with Crippen LogP contribution in [0.2, 0.25) is 0 Å². The second-order valence-corrected chi connectivity index (χ2v) is 9.84. The predicted molar refractivity (Wildman–Crippen MR) is 131 cm³/mol. The Labute approximate surface area is 206 Å². The van der Waals surface area contributed by atoms with Crippen LogP contribution in [0, 0.1) is 11.7 Å². The largest absolute Gasteiger partial charge is 0.389 e. The highest BCUT2D eigenvalue weighted by Gasteiger charge is 2.28. The molecule has 3 heterocycles. The Morgan fingerprint density at radius 1 is 1.17 bits per heavy atom. The van der Waals surface area contributed by atoms with Gasteiger partial charge in [0.15, 0.2) is 0 Å². The second-order valence-electron chi connectivity index (χ2n) is 9.84. The van der Waals surface area contributed by atoms with Gasteiger partial charge in [0.05, 0.1) is 37.6 Å². The van der Waals surface area contributed by atoms with Gasteiger partial charge in [-0.2, -0.15) is 0 Å². The van der Waals surface area contributed by atoms with E-state index in [1.54, 1.807) is 12.1 Å². The number of aromatic nitrogens is 1. The summed E-state index contributed by atoms with van der Waals surface area (Å²) < 4.78 is 36.6. The van der Waals surface area contributed by atoms with Crippen molar-refractivity contribution in [3.8, 4) is 11.3 Å². The number of benzene rings is 1. The zero-order valence-electron chi connectivity index (χ0n) is 20.8. The van der Waals surface area contributed by atoms with Crippen molar-refractivity contribution in [3.05, 3.63) is 35.6 Å². The van der Waals surface area contributed by atoms with Crippen LogP contribution in [0.5, 0.6) is 0 Å². The molecule has 2 aliphatic rings. The molecule has 35 heavy (non-hydrogen) atoms. The van der Waals surface area contributed by atoms with Gasteiger partial charge in [0.25, 0.3) is 0 Å². The number of halogens is 1. The van der Waals surface area contributed by atoms with E-state index in [-0.39, 0.29) is 18.5 Å². The topological polar surface area (TPSA) is 80.4 Å². The predicted octanol–water partition coefficient (Wildman–Crippen LogP) is 3.33. The standard InChI is InChI=1S/C26H38FN3O5/c1-19(2)17-33-18-22(31)14-29(15-23-4-3-11-34-23)16-24-25(20-5-7-21(27)8-6-20)28-35-26(24)30-9-12-32-13-10-30/h5-8,19,22-23,31H,3-4,9-18H2,1-2H3/t22-,23-/m1/s1. The van der Waals surface area contributed by atoms with E-state index in [9.17, 15) is 9.50 Å². The first-order chi connectivity index (χ1) is 17.0. The Balaban J connectivity index is 1.57. The summed E-state index contributed by atoms with van der Waals surface area (Å²) >= 11 is 0. The van der Waals surface area contributed by atoms with Crippen LogP contribution < -0.4 is 4.90 Å². The van der Waals surface area contributed by atoms with Crippen molar-refractivity contribution < 1.29 is 28.2 Å². The third-order valence-electron chi connectivity index (χ3n) is 6.28. The van der Waals surface area contributed by atoms with Crippen molar-refractivity contribution in [1.82, 2.24) is 10.1 Å². The van der Waals surface area contributed by atoms with E-state index in [1.165, 1.54) is 12.1 Å². The molecule has 0 aliphatic carbocycles. The molecule has 1 aromatic carbocycles. The summed E-state index contributed by atoms with van der Waals surface area (Å²) in [5.74, 6) is 0.823. The number of nitrogens with zero attached hydrogens (tertiary/aromatic N) is 3. The van der Waals surface area contributed by atoms with Crippen molar-refractivity contribution >= 4 is 5.88 Å². The summed E-state index contributed by atoms with van der Waals surface area (Å²) in [6.45, 7) is 10.2. The molecule has 2 aliphatic heterocycles. The summed E-state index contributed by atoms with van der Waals surface area (Å²) in [4.78, 5) is 4.34. The number of hydrogen-bond acceptors (Lipinski definition) is 8. The van der Waals surface area contributed by atoms with E-state index in [0.717, 1.165) is 30.6 Å². The quantitative estimate of drug-likeness (QED) is 0.484. The van der Waals surface area contributed by atoms with Crippen LogP contribution >= 0.6 is 0 Å². The van der Waals surface area contributed by atoms with Crippen LogP contribution in [0.25, 0.3) is 11.3 Å². The van der Waals surface area contributed by atoms with E-state index in [1.807, 2.05) is 0 Å². The summed E-state index contributed by atoms with van der Waals surface area (Å²) in [6.07, 6.45) is 1.54. The average Bonchev–Trinajstić information content (AvgIpc) is 3.50. The number of aliphatic hydroxyl groups is 1. The van der Waals surface area contributed by atoms with Crippen molar-refractivity contribution in [3.63, 3.8) is 0 Å². The molecule has 0 saturated carbocycles. The van der Waals surface area contributed by atoms with E-state index in [2.05, 4.69) is 28.8 Å². The average molecular weight is 492 g/mol. The fourth-order valence-corrected chi connectivity index (χ4v) is 4.59. The Bertz CT molecular complexity index is 895. The maximum Gasteiger partial charge on any atom is 0.232 e. The summed E-state index contributed by atoms with van der Waals surface area (Å²) in [7, 11) is 0. The molecule has 4 rings (SSSR count). The van der Waals surface area contributed by atoms with Crippen molar-refractivity contribution in [2.75, 3.05) is 64.1 Å². The number of aliphatic hydroxyl groups excluding tert-OH is 1. The molecule has 0 spiro atoms. The van der Waals surface area contributed by atoms with Crippen LogP contribution in [-0.2, 0) is 20.8 Å². The zero-order chi connectivity index (χ0) is 24.6. The Morgan fingerprint density at radius 2 is 1.94 bits per heavy atom. The van der Waals surface area contributed by atoms with E-state index in [0.29, 0.717) is 70.0 Å². The van der Waals surface area contributed by atoms with Gasteiger partial charge in [-0.25, -0.2) is 4.39 Å². The van der Waals surface area contributed by atoms with Gasteiger partial charge in [-0.15, -0.1) is 0 Å². The number of morpholine rings is 1. The van der Waals surface area contributed by atoms with Crippen LogP contribution in [0.3, 0.4) is 0 Å². The molecule has 2 saturated heterocycles. The Kier molecular flexibility index (Phi) is 9.51. The molecule has 1 aromatic heterocycles. The summed E-state index contributed by atoms with van der Waals surface area (Å²) in [6, 6.07) is 6.31. The first-order valence-electron chi connectivity index (χ1n) is 12.7. The smallest absolute Gasteiger partial charge is 0.232 e. The first-order valence-corrected chi connectivity index (χ1v) is 12.7. The lowest BCUT2D eigenvalue weighted by atomic mass is 10.1. The fraction of sp³-hybridized carbons (Fsp3) is 0.654. The Morgan fingerprint density at radius 3 is 2.63 bits per heavy atom. The molecular weight excluding hydrogens is 453 g/mol. The highest BCUT2D eigenvalue weighted by molar-refractivity contribution is 5.68. The van der Waals surface area contributed by atoms with Crippen LogP contribution in [-0.4, -0.2) is 86.6 Å². The number of ether oxygens (including phenoxy) is 3.